The summed E-state index contributed by atoms with van der Waals surface area (Å²) >= 11 is 5.91. The first-order valence-corrected chi connectivity index (χ1v) is 10.4. The molecule has 1 aliphatic rings. The van der Waals surface area contributed by atoms with E-state index in [2.05, 4.69) is 0 Å². The van der Waals surface area contributed by atoms with E-state index in [0.29, 0.717) is 54.9 Å². The van der Waals surface area contributed by atoms with Gasteiger partial charge in [-0.15, -0.1) is 0 Å². The minimum Gasteiger partial charge on any atom is -0.493 e. The van der Waals surface area contributed by atoms with Crippen LogP contribution >= 0.6 is 11.6 Å². The molecule has 0 atom stereocenters. The number of methoxy groups -OCH3 is 1. The third kappa shape index (κ3) is 5.25. The average molecular weight is 431 g/mol. The quantitative estimate of drug-likeness (QED) is 0.698. The highest BCUT2D eigenvalue weighted by atomic mass is 35.5. The van der Waals surface area contributed by atoms with Crippen molar-refractivity contribution in [3.05, 3.63) is 58.6 Å². The zero-order valence-electron chi connectivity index (χ0n) is 17.6. The van der Waals surface area contributed by atoms with Gasteiger partial charge >= 0.3 is 0 Å². The lowest BCUT2D eigenvalue weighted by Gasteiger charge is -2.35. The van der Waals surface area contributed by atoms with Crippen LogP contribution < -0.4 is 9.47 Å². The molecule has 7 heteroatoms. The van der Waals surface area contributed by atoms with Crippen molar-refractivity contribution in [3.63, 3.8) is 0 Å². The standard InChI is InChI=1S/C23H27ClN2O4/c1-16(2)22(27)25-10-12-26(13-11-25)23(28)18-6-9-20(21(14-18)29-3)30-15-17-4-7-19(24)8-5-17/h4-9,14,16H,10-13,15H2,1-3H3. The van der Waals surface area contributed by atoms with E-state index in [1.54, 1.807) is 30.2 Å². The second-order valence-corrected chi connectivity index (χ2v) is 7.99. The molecule has 2 aromatic carbocycles. The summed E-state index contributed by atoms with van der Waals surface area (Å²) in [7, 11) is 1.55. The van der Waals surface area contributed by atoms with Crippen LogP contribution in [0.15, 0.2) is 42.5 Å². The van der Waals surface area contributed by atoms with Crippen LogP contribution in [0.25, 0.3) is 0 Å². The average Bonchev–Trinajstić information content (AvgIpc) is 2.77. The van der Waals surface area contributed by atoms with Gasteiger partial charge in [0.1, 0.15) is 6.61 Å². The van der Waals surface area contributed by atoms with Gasteiger partial charge in [-0.2, -0.15) is 0 Å². The Morgan fingerprint density at radius 3 is 2.20 bits per heavy atom. The Bertz CT molecular complexity index is 891. The Morgan fingerprint density at radius 1 is 0.967 bits per heavy atom. The van der Waals surface area contributed by atoms with E-state index in [0.717, 1.165) is 5.56 Å². The topological polar surface area (TPSA) is 59.1 Å². The van der Waals surface area contributed by atoms with Gasteiger partial charge in [-0.05, 0) is 35.9 Å². The normalized spacial score (nSPS) is 14.0. The van der Waals surface area contributed by atoms with Crippen molar-refractivity contribution in [1.82, 2.24) is 9.80 Å². The van der Waals surface area contributed by atoms with E-state index in [-0.39, 0.29) is 17.7 Å². The van der Waals surface area contributed by atoms with Crippen LogP contribution in [0.5, 0.6) is 11.5 Å². The zero-order valence-corrected chi connectivity index (χ0v) is 18.3. The van der Waals surface area contributed by atoms with Crippen molar-refractivity contribution in [2.75, 3.05) is 33.3 Å². The monoisotopic (exact) mass is 430 g/mol. The molecule has 0 bridgehead atoms. The Morgan fingerprint density at radius 2 is 1.60 bits per heavy atom. The van der Waals surface area contributed by atoms with Crippen LogP contribution in [0.1, 0.15) is 29.8 Å². The summed E-state index contributed by atoms with van der Waals surface area (Å²) in [5, 5.41) is 0.675. The molecule has 160 valence electrons. The molecule has 0 aromatic heterocycles. The van der Waals surface area contributed by atoms with Gasteiger partial charge < -0.3 is 19.3 Å². The van der Waals surface area contributed by atoms with Crippen LogP contribution in [-0.2, 0) is 11.4 Å². The summed E-state index contributed by atoms with van der Waals surface area (Å²) in [5.41, 5.74) is 1.52. The molecule has 3 rings (SSSR count). The number of halogens is 1. The third-order valence-corrected chi connectivity index (χ3v) is 5.34. The highest BCUT2D eigenvalue weighted by Gasteiger charge is 2.26. The second-order valence-electron chi connectivity index (χ2n) is 7.55. The van der Waals surface area contributed by atoms with Crippen molar-refractivity contribution >= 4 is 23.4 Å². The third-order valence-electron chi connectivity index (χ3n) is 5.09. The van der Waals surface area contributed by atoms with Crippen LogP contribution in [0, 0.1) is 5.92 Å². The molecule has 0 radical (unpaired) electrons. The van der Waals surface area contributed by atoms with Crippen molar-refractivity contribution < 1.29 is 19.1 Å². The lowest BCUT2D eigenvalue weighted by atomic mass is 10.1. The Kier molecular flexibility index (Phi) is 7.21. The zero-order chi connectivity index (χ0) is 21.7. The van der Waals surface area contributed by atoms with Crippen LogP contribution in [-0.4, -0.2) is 54.9 Å². The molecule has 2 aromatic rings. The van der Waals surface area contributed by atoms with Crippen LogP contribution in [0.2, 0.25) is 5.02 Å². The van der Waals surface area contributed by atoms with E-state index < -0.39 is 0 Å². The summed E-state index contributed by atoms with van der Waals surface area (Å²) in [6, 6.07) is 12.6. The smallest absolute Gasteiger partial charge is 0.254 e. The lowest BCUT2D eigenvalue weighted by Crippen LogP contribution is -2.51. The summed E-state index contributed by atoms with van der Waals surface area (Å²) in [5.74, 6) is 1.09. The summed E-state index contributed by atoms with van der Waals surface area (Å²) in [6.45, 7) is 6.31. The molecule has 0 aliphatic carbocycles. The molecule has 30 heavy (non-hydrogen) atoms. The van der Waals surface area contributed by atoms with Gasteiger partial charge in [0.2, 0.25) is 5.91 Å². The first kappa shape index (κ1) is 22.0. The predicted molar refractivity (Wildman–Crippen MR) is 116 cm³/mol. The van der Waals surface area contributed by atoms with Gasteiger partial charge in [-0.1, -0.05) is 37.6 Å². The number of ether oxygens (including phenoxy) is 2. The fourth-order valence-corrected chi connectivity index (χ4v) is 3.47. The number of amides is 2. The maximum absolute atomic E-state index is 12.9. The molecule has 0 saturated carbocycles. The van der Waals surface area contributed by atoms with Gasteiger partial charge in [-0.25, -0.2) is 0 Å². The van der Waals surface area contributed by atoms with Gasteiger partial charge in [0.05, 0.1) is 7.11 Å². The minimum atomic E-state index is -0.0748. The van der Waals surface area contributed by atoms with Crippen molar-refractivity contribution in [2.24, 2.45) is 5.92 Å². The molecule has 1 fully saturated rings. The fourth-order valence-electron chi connectivity index (χ4n) is 3.34. The van der Waals surface area contributed by atoms with E-state index in [4.69, 9.17) is 21.1 Å². The number of carbonyl (C=O) groups is 2. The number of benzene rings is 2. The van der Waals surface area contributed by atoms with E-state index >= 15 is 0 Å². The number of rotatable bonds is 6. The fraction of sp³-hybridized carbons (Fsp3) is 0.391. The SMILES string of the molecule is COc1cc(C(=O)N2CCN(C(=O)C(C)C)CC2)ccc1OCc1ccc(Cl)cc1. The van der Waals surface area contributed by atoms with Gasteiger partial charge in [-0.3, -0.25) is 9.59 Å². The molecule has 1 saturated heterocycles. The number of hydrogen-bond acceptors (Lipinski definition) is 4. The van der Waals surface area contributed by atoms with Crippen LogP contribution in [0.3, 0.4) is 0 Å². The molecule has 2 amide bonds. The summed E-state index contributed by atoms with van der Waals surface area (Å²) in [4.78, 5) is 28.6. The van der Waals surface area contributed by atoms with E-state index in [1.165, 1.54) is 0 Å². The molecular weight excluding hydrogens is 404 g/mol. The van der Waals surface area contributed by atoms with Gasteiger partial charge in [0.25, 0.3) is 5.91 Å². The Balaban J connectivity index is 1.63. The van der Waals surface area contributed by atoms with E-state index in [9.17, 15) is 9.59 Å². The van der Waals surface area contributed by atoms with Crippen LogP contribution in [0.4, 0.5) is 0 Å². The van der Waals surface area contributed by atoms with Gasteiger partial charge in [0, 0.05) is 42.7 Å². The summed E-state index contributed by atoms with van der Waals surface area (Å²) in [6.07, 6.45) is 0. The molecule has 0 unspecified atom stereocenters. The van der Waals surface area contributed by atoms with Gasteiger partial charge in [0.15, 0.2) is 11.5 Å². The molecular formula is C23H27ClN2O4. The minimum absolute atomic E-state index is 0.0306. The highest BCUT2D eigenvalue weighted by molar-refractivity contribution is 6.30. The van der Waals surface area contributed by atoms with Crippen molar-refractivity contribution in [1.29, 1.82) is 0 Å². The number of carbonyl (C=O) groups excluding carboxylic acids is 2. The first-order valence-electron chi connectivity index (χ1n) is 10.0. The van der Waals surface area contributed by atoms with E-state index in [1.807, 2.05) is 43.0 Å². The Labute approximate surface area is 182 Å². The lowest BCUT2D eigenvalue weighted by molar-refractivity contribution is -0.135. The summed E-state index contributed by atoms with van der Waals surface area (Å²) < 4.78 is 11.3. The molecule has 6 nitrogen and oxygen atoms in total. The molecule has 1 aliphatic heterocycles. The number of nitrogens with zero attached hydrogens (tertiary/aromatic N) is 2. The maximum Gasteiger partial charge on any atom is 0.254 e. The molecule has 0 spiro atoms. The largest absolute Gasteiger partial charge is 0.493 e. The second kappa shape index (κ2) is 9.85. The maximum atomic E-state index is 12.9. The van der Waals surface area contributed by atoms with Crippen molar-refractivity contribution in [3.8, 4) is 11.5 Å². The highest BCUT2D eigenvalue weighted by Crippen LogP contribution is 2.29. The predicted octanol–water partition coefficient (Wildman–Crippen LogP) is 3.87. The first-order chi connectivity index (χ1) is 14.4. The number of hydrogen-bond donors (Lipinski definition) is 0. The number of piperazine rings is 1. The molecule has 0 N–H and O–H groups in total. The Hall–Kier alpha value is -2.73. The molecule has 1 heterocycles. The van der Waals surface area contributed by atoms with Crippen molar-refractivity contribution in [2.45, 2.75) is 20.5 Å².